The van der Waals surface area contributed by atoms with E-state index < -0.39 is 0 Å². The van der Waals surface area contributed by atoms with Gasteiger partial charge in [-0.2, -0.15) is 0 Å². The molecule has 0 saturated heterocycles. The summed E-state index contributed by atoms with van der Waals surface area (Å²) < 4.78 is 2.13. The molecule has 1 heterocycles. The summed E-state index contributed by atoms with van der Waals surface area (Å²) in [6.45, 7) is 1.32. The number of hydrogen-bond acceptors (Lipinski definition) is 2. The van der Waals surface area contributed by atoms with Crippen LogP contribution in [-0.2, 0) is 6.54 Å². The lowest BCUT2D eigenvalue weighted by Crippen LogP contribution is -2.31. The molecular weight excluding hydrogens is 300 g/mol. The minimum absolute atomic E-state index is 0.181. The number of urea groups is 1. The van der Waals surface area contributed by atoms with E-state index in [1.807, 2.05) is 54.9 Å². The van der Waals surface area contributed by atoms with Gasteiger partial charge in [0.05, 0.1) is 5.69 Å². The summed E-state index contributed by atoms with van der Waals surface area (Å²) in [6, 6.07) is 13.7. The molecule has 0 unspecified atom stereocenters. The molecule has 1 aliphatic carbocycles. The van der Waals surface area contributed by atoms with Crippen molar-refractivity contribution in [3.05, 3.63) is 60.7 Å². The average Bonchev–Trinajstić information content (AvgIpc) is 3.34. The molecule has 1 aromatic heterocycles. The van der Waals surface area contributed by atoms with E-state index in [0.717, 1.165) is 28.8 Å². The standard InChI is InChI=1S/C19H20N4O/c24-19(21-11-13-23-12-10-20-18(23)15-8-9-15)22-17-7-3-5-14-4-1-2-6-16(14)17/h1-7,10,12,15H,8-9,11,13H2,(H2,21,22,24). The average molecular weight is 320 g/mol. The van der Waals surface area contributed by atoms with Crippen molar-refractivity contribution in [1.29, 1.82) is 0 Å². The van der Waals surface area contributed by atoms with Gasteiger partial charge in [0.25, 0.3) is 0 Å². The molecule has 0 radical (unpaired) electrons. The molecule has 1 fully saturated rings. The van der Waals surface area contributed by atoms with Crippen LogP contribution in [0.2, 0.25) is 0 Å². The second kappa shape index (κ2) is 6.35. The number of carbonyl (C=O) groups excluding carboxylic acids is 1. The Kier molecular flexibility index (Phi) is 3.91. The van der Waals surface area contributed by atoms with Crippen LogP contribution in [-0.4, -0.2) is 22.1 Å². The van der Waals surface area contributed by atoms with Crippen molar-refractivity contribution < 1.29 is 4.79 Å². The van der Waals surface area contributed by atoms with E-state index in [-0.39, 0.29) is 6.03 Å². The van der Waals surface area contributed by atoms with Gasteiger partial charge in [0.15, 0.2) is 0 Å². The summed E-state index contributed by atoms with van der Waals surface area (Å²) in [6.07, 6.45) is 6.28. The van der Waals surface area contributed by atoms with E-state index >= 15 is 0 Å². The maximum absolute atomic E-state index is 12.2. The van der Waals surface area contributed by atoms with Gasteiger partial charge in [-0.05, 0) is 24.3 Å². The normalized spacial score (nSPS) is 13.8. The Morgan fingerprint density at radius 1 is 1.17 bits per heavy atom. The van der Waals surface area contributed by atoms with Crippen molar-refractivity contribution in [1.82, 2.24) is 14.9 Å². The molecule has 2 aromatic carbocycles. The number of hydrogen-bond donors (Lipinski definition) is 2. The summed E-state index contributed by atoms with van der Waals surface area (Å²) >= 11 is 0. The highest BCUT2D eigenvalue weighted by Crippen LogP contribution is 2.38. The zero-order valence-corrected chi connectivity index (χ0v) is 13.4. The second-order valence-corrected chi connectivity index (χ2v) is 6.16. The number of anilines is 1. The van der Waals surface area contributed by atoms with Crippen LogP contribution in [0, 0.1) is 0 Å². The third-order valence-electron chi connectivity index (χ3n) is 4.37. The first kappa shape index (κ1) is 14.8. The van der Waals surface area contributed by atoms with Crippen LogP contribution in [0.25, 0.3) is 10.8 Å². The number of amides is 2. The van der Waals surface area contributed by atoms with Crippen molar-refractivity contribution in [2.45, 2.75) is 25.3 Å². The molecule has 1 saturated carbocycles. The summed E-state index contributed by atoms with van der Waals surface area (Å²) in [5, 5.41) is 8.02. The van der Waals surface area contributed by atoms with E-state index in [1.54, 1.807) is 0 Å². The quantitative estimate of drug-likeness (QED) is 0.752. The first-order chi connectivity index (χ1) is 11.8. The number of nitrogens with zero attached hydrogens (tertiary/aromatic N) is 2. The van der Waals surface area contributed by atoms with Crippen molar-refractivity contribution in [3.8, 4) is 0 Å². The molecular formula is C19H20N4O. The first-order valence-electron chi connectivity index (χ1n) is 8.35. The monoisotopic (exact) mass is 320 g/mol. The van der Waals surface area contributed by atoms with Crippen LogP contribution in [0.15, 0.2) is 54.9 Å². The van der Waals surface area contributed by atoms with E-state index in [1.165, 1.54) is 12.8 Å². The second-order valence-electron chi connectivity index (χ2n) is 6.16. The zero-order chi connectivity index (χ0) is 16.4. The Hall–Kier alpha value is -2.82. The molecule has 5 heteroatoms. The number of imidazole rings is 1. The molecule has 2 amide bonds. The molecule has 0 spiro atoms. The predicted molar refractivity (Wildman–Crippen MR) is 95.2 cm³/mol. The maximum atomic E-state index is 12.2. The third kappa shape index (κ3) is 3.11. The fourth-order valence-corrected chi connectivity index (χ4v) is 3.00. The number of fused-ring (bicyclic) bond motifs is 1. The Morgan fingerprint density at radius 2 is 2.00 bits per heavy atom. The van der Waals surface area contributed by atoms with Crippen LogP contribution in [0.3, 0.4) is 0 Å². The molecule has 5 nitrogen and oxygen atoms in total. The van der Waals surface area contributed by atoms with Gasteiger partial charge in [-0.25, -0.2) is 9.78 Å². The smallest absolute Gasteiger partial charge is 0.319 e. The van der Waals surface area contributed by atoms with Crippen molar-refractivity contribution in [3.63, 3.8) is 0 Å². The lowest BCUT2D eigenvalue weighted by Gasteiger charge is -2.11. The minimum Gasteiger partial charge on any atom is -0.336 e. The van der Waals surface area contributed by atoms with E-state index in [9.17, 15) is 4.79 Å². The van der Waals surface area contributed by atoms with Gasteiger partial charge < -0.3 is 15.2 Å². The molecule has 0 aliphatic heterocycles. The summed E-state index contributed by atoms with van der Waals surface area (Å²) in [7, 11) is 0. The lowest BCUT2D eigenvalue weighted by atomic mass is 10.1. The van der Waals surface area contributed by atoms with Gasteiger partial charge in [-0.1, -0.05) is 36.4 Å². The number of carbonyl (C=O) groups is 1. The van der Waals surface area contributed by atoms with E-state index in [0.29, 0.717) is 12.5 Å². The third-order valence-corrected chi connectivity index (χ3v) is 4.37. The molecule has 122 valence electrons. The van der Waals surface area contributed by atoms with E-state index in [2.05, 4.69) is 20.2 Å². The molecule has 0 bridgehead atoms. The highest BCUT2D eigenvalue weighted by atomic mass is 16.2. The largest absolute Gasteiger partial charge is 0.336 e. The first-order valence-corrected chi connectivity index (χ1v) is 8.35. The van der Waals surface area contributed by atoms with Gasteiger partial charge in [0, 0.05) is 36.8 Å². The summed E-state index contributed by atoms with van der Waals surface area (Å²) in [5.41, 5.74) is 0.826. The Labute approximate surface area is 140 Å². The van der Waals surface area contributed by atoms with Crippen LogP contribution in [0.1, 0.15) is 24.6 Å². The fourth-order valence-electron chi connectivity index (χ4n) is 3.00. The minimum atomic E-state index is -0.181. The lowest BCUT2D eigenvalue weighted by molar-refractivity contribution is 0.251. The van der Waals surface area contributed by atoms with Crippen molar-refractivity contribution in [2.24, 2.45) is 0 Å². The SMILES string of the molecule is O=C(NCCn1ccnc1C1CC1)Nc1cccc2ccccc12. The van der Waals surface area contributed by atoms with Crippen LogP contribution < -0.4 is 10.6 Å². The topological polar surface area (TPSA) is 59.0 Å². The van der Waals surface area contributed by atoms with Gasteiger partial charge in [0.1, 0.15) is 5.82 Å². The van der Waals surface area contributed by atoms with Gasteiger partial charge in [0.2, 0.25) is 0 Å². The highest BCUT2D eigenvalue weighted by Gasteiger charge is 2.27. The Bertz CT molecular complexity index is 861. The van der Waals surface area contributed by atoms with Gasteiger partial charge in [-0.15, -0.1) is 0 Å². The molecule has 1 aliphatic rings. The van der Waals surface area contributed by atoms with Crippen LogP contribution in [0.5, 0.6) is 0 Å². The van der Waals surface area contributed by atoms with Crippen molar-refractivity contribution in [2.75, 3.05) is 11.9 Å². The van der Waals surface area contributed by atoms with E-state index in [4.69, 9.17) is 0 Å². The number of rotatable bonds is 5. The molecule has 24 heavy (non-hydrogen) atoms. The summed E-state index contributed by atoms with van der Waals surface area (Å²) in [4.78, 5) is 16.6. The van der Waals surface area contributed by atoms with Gasteiger partial charge >= 0.3 is 6.03 Å². The number of benzene rings is 2. The van der Waals surface area contributed by atoms with Crippen molar-refractivity contribution >= 4 is 22.5 Å². The molecule has 0 atom stereocenters. The number of nitrogens with one attached hydrogen (secondary N) is 2. The van der Waals surface area contributed by atoms with Crippen LogP contribution >= 0.6 is 0 Å². The molecule has 3 aromatic rings. The molecule has 2 N–H and O–H groups in total. The zero-order valence-electron chi connectivity index (χ0n) is 13.4. The Balaban J connectivity index is 1.35. The van der Waals surface area contributed by atoms with Crippen LogP contribution in [0.4, 0.5) is 10.5 Å². The van der Waals surface area contributed by atoms with Gasteiger partial charge in [-0.3, -0.25) is 0 Å². The number of aromatic nitrogens is 2. The summed E-state index contributed by atoms with van der Waals surface area (Å²) in [5.74, 6) is 1.76. The Morgan fingerprint density at radius 3 is 2.88 bits per heavy atom. The highest BCUT2D eigenvalue weighted by molar-refractivity contribution is 6.01. The fraction of sp³-hybridized carbons (Fsp3) is 0.263. The predicted octanol–water partition coefficient (Wildman–Crippen LogP) is 3.74. The molecule has 4 rings (SSSR count). The maximum Gasteiger partial charge on any atom is 0.319 e.